The summed E-state index contributed by atoms with van der Waals surface area (Å²) in [6.45, 7) is 1.30. The second kappa shape index (κ2) is 5.42. The third-order valence-corrected chi connectivity index (χ3v) is 2.52. The molecule has 0 radical (unpaired) electrons. The summed E-state index contributed by atoms with van der Waals surface area (Å²) >= 11 is 5.74. The van der Waals surface area contributed by atoms with Crippen molar-refractivity contribution in [2.45, 2.75) is 18.9 Å². The topological polar surface area (TPSA) is 52.3 Å². The van der Waals surface area contributed by atoms with E-state index < -0.39 is 17.9 Å². The maximum Gasteiger partial charge on any atom is 0.379 e. The quantitative estimate of drug-likeness (QED) is 0.850. The minimum absolute atomic E-state index is 0.00668. The molecule has 0 aliphatic heterocycles. The molecular weight excluding hydrogens is 252 g/mol. The predicted molar refractivity (Wildman–Crippen MR) is 60.0 cm³/mol. The molecular formula is C11H12ClF2NO2. The van der Waals surface area contributed by atoms with Gasteiger partial charge in [0, 0.05) is 5.02 Å². The monoisotopic (exact) mass is 263 g/mol. The molecule has 0 aliphatic carbocycles. The zero-order chi connectivity index (χ0) is 13.1. The molecule has 0 bridgehead atoms. The van der Waals surface area contributed by atoms with Crippen molar-refractivity contribution in [3.8, 4) is 0 Å². The maximum atomic E-state index is 13.6. The molecule has 0 fully saturated rings. The van der Waals surface area contributed by atoms with Gasteiger partial charge in [0.1, 0.15) is 6.04 Å². The molecule has 0 amide bonds. The van der Waals surface area contributed by atoms with Crippen molar-refractivity contribution in [1.82, 2.24) is 0 Å². The summed E-state index contributed by atoms with van der Waals surface area (Å²) in [6.07, 6.45) is 0. The van der Waals surface area contributed by atoms with Crippen molar-refractivity contribution in [1.29, 1.82) is 0 Å². The molecule has 0 aromatic heterocycles. The Bertz CT molecular complexity index is 412. The number of halogens is 3. The molecule has 1 aromatic carbocycles. The number of ether oxygens (including phenoxy) is 1. The van der Waals surface area contributed by atoms with E-state index in [1.807, 2.05) is 0 Å². The molecule has 1 atom stereocenters. The van der Waals surface area contributed by atoms with Gasteiger partial charge in [-0.1, -0.05) is 29.8 Å². The lowest BCUT2D eigenvalue weighted by Gasteiger charge is -2.22. The van der Waals surface area contributed by atoms with Gasteiger partial charge in [-0.3, -0.25) is 0 Å². The van der Waals surface area contributed by atoms with Gasteiger partial charge in [0.2, 0.25) is 0 Å². The third kappa shape index (κ3) is 2.92. The number of carbonyl (C=O) groups is 1. The maximum absolute atomic E-state index is 13.6. The lowest BCUT2D eigenvalue weighted by molar-refractivity contribution is -0.174. The SMILES string of the molecule is CCOC(=O)C(F)(F)[C@H](N)c1ccccc1Cl. The second-order valence-corrected chi connectivity index (χ2v) is 3.75. The van der Waals surface area contributed by atoms with Crippen molar-refractivity contribution >= 4 is 17.6 Å². The first-order valence-electron chi connectivity index (χ1n) is 4.96. The van der Waals surface area contributed by atoms with Gasteiger partial charge in [-0.15, -0.1) is 0 Å². The van der Waals surface area contributed by atoms with Crippen LogP contribution in [0.4, 0.5) is 8.78 Å². The Morgan fingerprint density at radius 2 is 2.12 bits per heavy atom. The van der Waals surface area contributed by atoms with Crippen LogP contribution in [0, 0.1) is 0 Å². The third-order valence-electron chi connectivity index (χ3n) is 2.18. The molecule has 0 heterocycles. The summed E-state index contributed by atoms with van der Waals surface area (Å²) in [7, 11) is 0. The number of nitrogens with two attached hydrogens (primary N) is 1. The molecule has 2 N–H and O–H groups in total. The minimum atomic E-state index is -3.80. The summed E-state index contributed by atoms with van der Waals surface area (Å²) in [5.74, 6) is -5.45. The molecule has 3 nitrogen and oxygen atoms in total. The van der Waals surface area contributed by atoms with Gasteiger partial charge in [0.15, 0.2) is 0 Å². The highest BCUT2D eigenvalue weighted by Gasteiger charge is 2.48. The Morgan fingerprint density at radius 1 is 1.53 bits per heavy atom. The fourth-order valence-corrected chi connectivity index (χ4v) is 1.53. The average Bonchev–Trinajstić information content (AvgIpc) is 2.29. The molecule has 0 unspecified atom stereocenters. The van der Waals surface area contributed by atoms with E-state index in [0.717, 1.165) is 0 Å². The van der Waals surface area contributed by atoms with Crippen LogP contribution < -0.4 is 5.73 Å². The van der Waals surface area contributed by atoms with Crippen molar-refractivity contribution < 1.29 is 18.3 Å². The molecule has 6 heteroatoms. The smallest absolute Gasteiger partial charge is 0.379 e. The molecule has 0 aliphatic rings. The molecule has 0 spiro atoms. The lowest BCUT2D eigenvalue weighted by Crippen LogP contribution is -2.41. The van der Waals surface area contributed by atoms with E-state index in [0.29, 0.717) is 0 Å². The fourth-order valence-electron chi connectivity index (χ4n) is 1.28. The van der Waals surface area contributed by atoms with E-state index in [1.165, 1.54) is 25.1 Å². The van der Waals surface area contributed by atoms with Crippen molar-refractivity contribution in [2.75, 3.05) is 6.61 Å². The van der Waals surface area contributed by atoms with Crippen molar-refractivity contribution in [3.63, 3.8) is 0 Å². The summed E-state index contributed by atoms with van der Waals surface area (Å²) in [6, 6.07) is 4.05. The Morgan fingerprint density at radius 3 is 2.65 bits per heavy atom. The molecule has 17 heavy (non-hydrogen) atoms. The van der Waals surface area contributed by atoms with E-state index >= 15 is 0 Å². The standard InChI is InChI=1S/C11H12ClF2NO2/c1-2-17-10(16)11(13,14)9(15)7-5-3-4-6-8(7)12/h3-6,9H,2,15H2,1H3/t9-/m1/s1. The number of alkyl halides is 2. The van der Waals surface area contributed by atoms with E-state index in [1.54, 1.807) is 6.07 Å². The van der Waals surface area contributed by atoms with Gasteiger partial charge in [-0.2, -0.15) is 8.78 Å². The van der Waals surface area contributed by atoms with E-state index in [-0.39, 0.29) is 17.2 Å². The Balaban J connectivity index is 3.00. The predicted octanol–water partition coefficient (Wildman–Crippen LogP) is 2.54. The number of benzene rings is 1. The number of rotatable bonds is 4. The van der Waals surface area contributed by atoms with Gasteiger partial charge < -0.3 is 10.5 Å². The molecule has 1 aromatic rings. The Hall–Kier alpha value is -1.20. The second-order valence-electron chi connectivity index (χ2n) is 3.34. The molecule has 0 saturated carbocycles. The van der Waals surface area contributed by atoms with Crippen LogP contribution in [-0.4, -0.2) is 18.5 Å². The fraction of sp³-hybridized carbons (Fsp3) is 0.364. The van der Waals surface area contributed by atoms with Crippen LogP contribution >= 0.6 is 11.6 Å². The van der Waals surface area contributed by atoms with E-state index in [4.69, 9.17) is 17.3 Å². The number of carbonyl (C=O) groups excluding carboxylic acids is 1. The average molecular weight is 264 g/mol. The summed E-state index contributed by atoms with van der Waals surface area (Å²) in [5, 5.41) is 0.0870. The zero-order valence-corrected chi connectivity index (χ0v) is 9.88. The normalized spacial score (nSPS) is 13.2. The summed E-state index contributed by atoms with van der Waals surface area (Å²) in [5.41, 5.74) is 5.38. The molecule has 1 rings (SSSR count). The van der Waals surface area contributed by atoms with Gasteiger partial charge >= 0.3 is 11.9 Å². The lowest BCUT2D eigenvalue weighted by atomic mass is 10.0. The first-order valence-corrected chi connectivity index (χ1v) is 5.34. The molecule has 94 valence electrons. The number of esters is 1. The minimum Gasteiger partial charge on any atom is -0.462 e. The summed E-state index contributed by atoms with van der Waals surface area (Å²) in [4.78, 5) is 11.1. The van der Waals surface area contributed by atoms with Crippen molar-refractivity contribution in [3.05, 3.63) is 34.9 Å². The van der Waals surface area contributed by atoms with E-state index in [9.17, 15) is 13.6 Å². The van der Waals surface area contributed by atoms with Gasteiger partial charge in [-0.25, -0.2) is 4.79 Å². The summed E-state index contributed by atoms with van der Waals surface area (Å²) < 4.78 is 31.5. The highest BCUT2D eigenvalue weighted by molar-refractivity contribution is 6.31. The van der Waals surface area contributed by atoms with Crippen LogP contribution in [0.25, 0.3) is 0 Å². The highest BCUT2D eigenvalue weighted by Crippen LogP contribution is 2.33. The van der Waals surface area contributed by atoms with Crippen LogP contribution in [0.3, 0.4) is 0 Å². The van der Waals surface area contributed by atoms with Gasteiger partial charge in [0.05, 0.1) is 6.61 Å². The number of hydrogen-bond donors (Lipinski definition) is 1. The largest absolute Gasteiger partial charge is 0.462 e. The Labute approximate surface area is 103 Å². The van der Waals surface area contributed by atoms with Crippen molar-refractivity contribution in [2.24, 2.45) is 5.73 Å². The van der Waals surface area contributed by atoms with Crippen LogP contribution in [0.15, 0.2) is 24.3 Å². The highest BCUT2D eigenvalue weighted by atomic mass is 35.5. The van der Waals surface area contributed by atoms with Crippen LogP contribution in [0.2, 0.25) is 5.02 Å². The van der Waals surface area contributed by atoms with Crippen LogP contribution in [-0.2, 0) is 9.53 Å². The Kier molecular flexibility index (Phi) is 4.42. The molecule has 0 saturated heterocycles. The first kappa shape index (κ1) is 13.9. The first-order chi connectivity index (χ1) is 7.91. The number of hydrogen-bond acceptors (Lipinski definition) is 3. The van der Waals surface area contributed by atoms with Gasteiger partial charge in [-0.05, 0) is 18.6 Å². The van der Waals surface area contributed by atoms with Crippen LogP contribution in [0.1, 0.15) is 18.5 Å². The zero-order valence-electron chi connectivity index (χ0n) is 9.12. The van der Waals surface area contributed by atoms with E-state index in [2.05, 4.69) is 4.74 Å². The van der Waals surface area contributed by atoms with Crippen LogP contribution in [0.5, 0.6) is 0 Å². The van der Waals surface area contributed by atoms with Gasteiger partial charge in [0.25, 0.3) is 0 Å².